The van der Waals surface area contributed by atoms with E-state index in [9.17, 15) is 19.5 Å². The maximum absolute atomic E-state index is 12.9. The van der Waals surface area contributed by atoms with Crippen molar-refractivity contribution in [3.05, 3.63) is 24.3 Å². The van der Waals surface area contributed by atoms with Gasteiger partial charge in [0.05, 0.1) is 34.4 Å². The number of ether oxygens (including phenoxy) is 4. The molecule has 0 aliphatic heterocycles. The molecule has 0 aromatic rings. The van der Waals surface area contributed by atoms with Crippen LogP contribution in [0.25, 0.3) is 0 Å². The Balaban J connectivity index is 4.19. The fraction of sp³-hybridized carbons (Fsp3) is 0.885. The van der Waals surface area contributed by atoms with Crippen LogP contribution in [0.15, 0.2) is 24.3 Å². The van der Waals surface area contributed by atoms with E-state index in [2.05, 4.69) is 38.2 Å². The third kappa shape index (κ3) is 53.6. The van der Waals surface area contributed by atoms with Crippen LogP contribution < -0.4 is 0 Å². The highest BCUT2D eigenvalue weighted by atomic mass is 16.7. The van der Waals surface area contributed by atoms with Gasteiger partial charge in [-0.25, -0.2) is 4.79 Å². The molecule has 412 valence electrons. The van der Waals surface area contributed by atoms with E-state index in [1.54, 1.807) is 0 Å². The first-order chi connectivity index (χ1) is 34.1. The first kappa shape index (κ1) is 67.8. The minimum atomic E-state index is -1.51. The number of nitrogens with zero attached hydrogens (tertiary/aromatic N) is 1. The molecular formula is C61H116NO8+. The second-order valence-electron chi connectivity index (χ2n) is 21.7. The molecule has 0 radical (unpaired) electrons. The van der Waals surface area contributed by atoms with E-state index in [1.165, 1.54) is 212 Å². The smallest absolute Gasteiger partial charge is 0.361 e. The summed E-state index contributed by atoms with van der Waals surface area (Å²) in [4.78, 5) is 37.4. The number of rotatable bonds is 56. The monoisotopic (exact) mass is 991 g/mol. The summed E-state index contributed by atoms with van der Waals surface area (Å²) in [5, 5.41) is 9.71. The van der Waals surface area contributed by atoms with Gasteiger partial charge in [0.2, 0.25) is 0 Å². The Morgan fingerprint density at radius 3 is 1.13 bits per heavy atom. The van der Waals surface area contributed by atoms with Gasteiger partial charge in [0.15, 0.2) is 6.10 Å². The van der Waals surface area contributed by atoms with Crippen LogP contribution in [-0.4, -0.2) is 87.4 Å². The Morgan fingerprint density at radius 2 is 0.771 bits per heavy atom. The molecule has 0 aliphatic rings. The molecule has 1 N–H and O–H groups in total. The largest absolute Gasteiger partial charge is 0.477 e. The van der Waals surface area contributed by atoms with Crippen molar-refractivity contribution in [2.24, 2.45) is 0 Å². The normalized spacial score (nSPS) is 12.9. The number of hydrogen-bond donors (Lipinski definition) is 1. The van der Waals surface area contributed by atoms with E-state index in [1.807, 2.05) is 21.1 Å². The predicted octanol–water partition coefficient (Wildman–Crippen LogP) is 17.5. The summed E-state index contributed by atoms with van der Waals surface area (Å²) < 4.78 is 22.9. The third-order valence-electron chi connectivity index (χ3n) is 13.5. The summed E-state index contributed by atoms with van der Waals surface area (Å²) in [5.41, 5.74) is 0. The second-order valence-corrected chi connectivity index (χ2v) is 21.7. The zero-order chi connectivity index (χ0) is 51.3. The van der Waals surface area contributed by atoms with Gasteiger partial charge in [-0.15, -0.1) is 0 Å². The number of esters is 2. The van der Waals surface area contributed by atoms with E-state index >= 15 is 0 Å². The van der Waals surface area contributed by atoms with E-state index in [0.717, 1.165) is 51.4 Å². The molecule has 0 saturated carbocycles. The second kappa shape index (κ2) is 53.1. The van der Waals surface area contributed by atoms with E-state index in [4.69, 9.17) is 18.9 Å². The quantitative estimate of drug-likeness (QED) is 0.0211. The molecule has 0 spiro atoms. The molecule has 2 unspecified atom stereocenters. The summed E-state index contributed by atoms with van der Waals surface area (Å²) >= 11 is 0. The van der Waals surface area contributed by atoms with E-state index in [-0.39, 0.29) is 32.2 Å². The van der Waals surface area contributed by atoms with Crippen molar-refractivity contribution in [1.82, 2.24) is 0 Å². The number of carboxylic acid groups (broad SMARTS) is 1. The Bertz CT molecular complexity index is 1200. The molecule has 70 heavy (non-hydrogen) atoms. The third-order valence-corrected chi connectivity index (χ3v) is 13.5. The molecule has 9 nitrogen and oxygen atoms in total. The fourth-order valence-electron chi connectivity index (χ4n) is 8.81. The van der Waals surface area contributed by atoms with Crippen molar-refractivity contribution in [3.63, 3.8) is 0 Å². The first-order valence-electron chi connectivity index (χ1n) is 30.0. The van der Waals surface area contributed by atoms with Crippen LogP contribution in [0.2, 0.25) is 0 Å². The molecule has 0 amide bonds. The van der Waals surface area contributed by atoms with Gasteiger partial charge in [0.1, 0.15) is 13.2 Å². The molecule has 0 saturated heterocycles. The Labute approximate surface area is 433 Å². The average Bonchev–Trinajstić information content (AvgIpc) is 3.33. The zero-order valence-corrected chi connectivity index (χ0v) is 47.0. The van der Waals surface area contributed by atoms with Gasteiger partial charge >= 0.3 is 17.9 Å². The van der Waals surface area contributed by atoms with Crippen molar-refractivity contribution < 1.29 is 42.9 Å². The van der Waals surface area contributed by atoms with Crippen molar-refractivity contribution in [2.45, 2.75) is 302 Å². The van der Waals surface area contributed by atoms with Crippen LogP contribution in [-0.2, 0) is 33.3 Å². The molecule has 0 heterocycles. The standard InChI is InChI=1S/C61H115NO8/c1-6-8-10-12-14-16-18-20-22-24-26-28-29-30-32-33-35-37-39-41-43-45-47-49-51-58(63)68-55-57(56-69-61(60(65)66)67-54-53-62(3,4)5)70-59(64)52-50-48-46-44-42-40-38-36-34-31-27-25-23-21-19-17-15-13-11-9-7-2/h19,21,25,27,57,61H,6-18,20,22-24,26,28-56H2,1-5H3/p+1/b21-19-,27-25-. The van der Waals surface area contributed by atoms with Crippen molar-refractivity contribution in [3.8, 4) is 0 Å². The number of hydrogen-bond acceptors (Lipinski definition) is 7. The highest BCUT2D eigenvalue weighted by Crippen LogP contribution is 2.17. The van der Waals surface area contributed by atoms with Gasteiger partial charge in [0.25, 0.3) is 6.29 Å². The number of unbranched alkanes of at least 4 members (excludes halogenated alkanes) is 37. The number of allylic oxidation sites excluding steroid dienone is 4. The molecule has 2 atom stereocenters. The van der Waals surface area contributed by atoms with Gasteiger partial charge < -0.3 is 28.5 Å². The first-order valence-corrected chi connectivity index (χ1v) is 30.0. The average molecular weight is 992 g/mol. The van der Waals surface area contributed by atoms with Gasteiger partial charge in [-0.05, 0) is 44.9 Å². The van der Waals surface area contributed by atoms with Crippen molar-refractivity contribution >= 4 is 17.9 Å². The summed E-state index contributed by atoms with van der Waals surface area (Å²) in [7, 11) is 5.98. The molecular weight excluding hydrogens is 875 g/mol. The number of carbonyl (C=O) groups excluding carboxylic acids is 2. The van der Waals surface area contributed by atoms with Crippen molar-refractivity contribution in [1.29, 1.82) is 0 Å². The fourth-order valence-corrected chi connectivity index (χ4v) is 8.81. The SMILES string of the molecule is CCCCCCC/C=C\C/C=C\CCCCCCCCCCCC(=O)OC(COC(=O)CCCCCCCCCCCCCCCCCCCCCCCCCC)COC(OCC[N+](C)(C)C)C(=O)O. The number of carboxylic acids is 1. The van der Waals surface area contributed by atoms with Crippen molar-refractivity contribution in [2.75, 3.05) is 47.5 Å². The van der Waals surface area contributed by atoms with Crippen LogP contribution >= 0.6 is 0 Å². The number of carbonyl (C=O) groups is 3. The molecule has 0 aromatic heterocycles. The lowest BCUT2D eigenvalue weighted by atomic mass is 10.0. The Hall–Kier alpha value is -2.23. The van der Waals surface area contributed by atoms with Gasteiger partial charge in [-0.1, -0.05) is 256 Å². The zero-order valence-electron chi connectivity index (χ0n) is 47.0. The molecule has 0 rings (SSSR count). The molecule has 0 fully saturated rings. The number of aliphatic carboxylic acids is 1. The minimum absolute atomic E-state index is 0.178. The Morgan fingerprint density at radius 1 is 0.429 bits per heavy atom. The molecule has 0 aromatic carbocycles. The van der Waals surface area contributed by atoms with Crippen LogP contribution in [0.4, 0.5) is 0 Å². The number of quaternary nitrogens is 1. The van der Waals surface area contributed by atoms with Gasteiger partial charge in [-0.3, -0.25) is 9.59 Å². The van der Waals surface area contributed by atoms with Crippen LogP contribution in [0.5, 0.6) is 0 Å². The molecule has 0 bridgehead atoms. The van der Waals surface area contributed by atoms with Crippen LogP contribution in [0.3, 0.4) is 0 Å². The van der Waals surface area contributed by atoms with Crippen LogP contribution in [0.1, 0.15) is 290 Å². The van der Waals surface area contributed by atoms with E-state index in [0.29, 0.717) is 17.4 Å². The topological polar surface area (TPSA) is 108 Å². The summed E-state index contributed by atoms with van der Waals surface area (Å²) in [5.74, 6) is -1.99. The van der Waals surface area contributed by atoms with E-state index < -0.39 is 24.3 Å². The van der Waals surface area contributed by atoms with Gasteiger partial charge in [-0.2, -0.15) is 0 Å². The minimum Gasteiger partial charge on any atom is -0.477 e. The summed E-state index contributed by atoms with van der Waals surface area (Å²) in [6.45, 7) is 4.91. The number of likely N-dealkylation sites (N-methyl/N-ethyl adjacent to an activating group) is 1. The predicted molar refractivity (Wildman–Crippen MR) is 295 cm³/mol. The van der Waals surface area contributed by atoms with Gasteiger partial charge in [0, 0.05) is 12.8 Å². The summed E-state index contributed by atoms with van der Waals surface area (Å²) in [6.07, 6.45) is 59.7. The maximum Gasteiger partial charge on any atom is 0.361 e. The lowest BCUT2D eigenvalue weighted by Gasteiger charge is -2.25. The lowest BCUT2D eigenvalue weighted by Crippen LogP contribution is -2.40. The maximum atomic E-state index is 12.9. The highest BCUT2D eigenvalue weighted by molar-refractivity contribution is 5.71. The van der Waals surface area contributed by atoms with Crippen LogP contribution in [0, 0.1) is 0 Å². The lowest BCUT2D eigenvalue weighted by molar-refractivity contribution is -0.870. The molecule has 9 heteroatoms. The molecule has 0 aliphatic carbocycles. The Kier molecular flexibility index (Phi) is 51.4. The summed E-state index contributed by atoms with van der Waals surface area (Å²) in [6, 6.07) is 0. The highest BCUT2D eigenvalue weighted by Gasteiger charge is 2.25.